The Morgan fingerprint density at radius 2 is 2.05 bits per heavy atom. The maximum Gasteiger partial charge on any atom is 0.224 e. The quantitative estimate of drug-likeness (QED) is 0.785. The van der Waals surface area contributed by atoms with Crippen LogP contribution in [0, 0.1) is 0 Å². The minimum atomic E-state index is 0.0442. The zero-order valence-corrected chi connectivity index (χ0v) is 12.3. The van der Waals surface area contributed by atoms with Crippen molar-refractivity contribution in [3.63, 3.8) is 0 Å². The lowest BCUT2D eigenvalue weighted by atomic mass is 10.2. The monoisotopic (exact) mass is 275 g/mol. The van der Waals surface area contributed by atoms with Gasteiger partial charge in [-0.1, -0.05) is 25.0 Å². The van der Waals surface area contributed by atoms with Gasteiger partial charge < -0.3 is 16.0 Å². The number of anilines is 2. The summed E-state index contributed by atoms with van der Waals surface area (Å²) in [6.45, 7) is 0.988. The molecular formula is C16H25N3O. The molecule has 1 amide bonds. The fraction of sp³-hybridized carbons (Fsp3) is 0.562. The van der Waals surface area contributed by atoms with Crippen molar-refractivity contribution in [2.75, 3.05) is 24.6 Å². The van der Waals surface area contributed by atoms with Crippen molar-refractivity contribution in [1.82, 2.24) is 4.90 Å². The van der Waals surface area contributed by atoms with Crippen LogP contribution in [0.15, 0.2) is 24.3 Å². The van der Waals surface area contributed by atoms with E-state index in [1.807, 2.05) is 18.2 Å². The maximum atomic E-state index is 11.9. The molecule has 20 heavy (non-hydrogen) atoms. The Labute approximate surface area is 121 Å². The van der Waals surface area contributed by atoms with E-state index in [1.165, 1.54) is 25.7 Å². The summed E-state index contributed by atoms with van der Waals surface area (Å²) < 4.78 is 0. The fourth-order valence-electron chi connectivity index (χ4n) is 2.84. The van der Waals surface area contributed by atoms with Crippen molar-refractivity contribution < 1.29 is 4.79 Å². The van der Waals surface area contributed by atoms with E-state index in [-0.39, 0.29) is 5.91 Å². The van der Waals surface area contributed by atoms with Crippen molar-refractivity contribution in [1.29, 1.82) is 0 Å². The number of rotatable bonds is 6. The zero-order chi connectivity index (χ0) is 14.4. The third-order valence-corrected chi connectivity index (χ3v) is 4.10. The number of benzene rings is 1. The molecular weight excluding hydrogens is 250 g/mol. The van der Waals surface area contributed by atoms with Gasteiger partial charge in [0.05, 0.1) is 11.4 Å². The van der Waals surface area contributed by atoms with E-state index in [4.69, 9.17) is 5.73 Å². The summed E-state index contributed by atoms with van der Waals surface area (Å²) in [7, 11) is 2.17. The normalized spacial score (nSPS) is 15.7. The van der Waals surface area contributed by atoms with Crippen molar-refractivity contribution in [2.24, 2.45) is 0 Å². The molecule has 3 N–H and O–H groups in total. The first-order valence-electron chi connectivity index (χ1n) is 7.51. The molecule has 0 radical (unpaired) electrons. The number of carbonyl (C=O) groups is 1. The van der Waals surface area contributed by atoms with Crippen LogP contribution in [0.3, 0.4) is 0 Å². The molecule has 4 heteroatoms. The Morgan fingerprint density at radius 3 is 2.75 bits per heavy atom. The molecule has 0 spiro atoms. The van der Waals surface area contributed by atoms with Crippen LogP contribution in [0.4, 0.5) is 11.4 Å². The van der Waals surface area contributed by atoms with Crippen LogP contribution in [0.2, 0.25) is 0 Å². The number of nitrogens with two attached hydrogens (primary N) is 1. The highest BCUT2D eigenvalue weighted by atomic mass is 16.1. The van der Waals surface area contributed by atoms with Crippen molar-refractivity contribution >= 4 is 17.3 Å². The maximum absolute atomic E-state index is 11.9. The molecule has 2 rings (SSSR count). The number of hydrogen-bond donors (Lipinski definition) is 2. The first kappa shape index (κ1) is 14.9. The second kappa shape index (κ2) is 7.29. The van der Waals surface area contributed by atoms with Crippen LogP contribution in [-0.4, -0.2) is 30.4 Å². The standard InChI is InChI=1S/C16H25N3O/c1-19(13-7-2-3-8-13)12-6-11-16(20)18-15-10-5-4-9-14(15)17/h4-5,9-10,13H,2-3,6-8,11-12,17H2,1H3,(H,18,20). The predicted octanol–water partition coefficient (Wildman–Crippen LogP) is 2.86. The Bertz CT molecular complexity index is 441. The molecule has 0 heterocycles. The van der Waals surface area contributed by atoms with Crippen molar-refractivity contribution in [3.8, 4) is 0 Å². The number of nitrogen functional groups attached to an aromatic ring is 1. The van der Waals surface area contributed by atoms with E-state index < -0.39 is 0 Å². The van der Waals surface area contributed by atoms with Crippen LogP contribution in [0.25, 0.3) is 0 Å². The van der Waals surface area contributed by atoms with E-state index in [1.54, 1.807) is 6.07 Å². The van der Waals surface area contributed by atoms with Gasteiger partial charge in [-0.15, -0.1) is 0 Å². The lowest BCUT2D eigenvalue weighted by Crippen LogP contribution is -2.30. The van der Waals surface area contributed by atoms with Gasteiger partial charge in [-0.3, -0.25) is 4.79 Å². The molecule has 1 aliphatic carbocycles. The molecule has 0 atom stereocenters. The SMILES string of the molecule is CN(CCCC(=O)Nc1ccccc1N)C1CCCC1. The summed E-state index contributed by atoms with van der Waals surface area (Å²) in [5, 5.41) is 2.87. The molecule has 1 aromatic rings. The Hall–Kier alpha value is -1.55. The average molecular weight is 275 g/mol. The van der Waals surface area contributed by atoms with E-state index in [0.29, 0.717) is 17.8 Å². The third kappa shape index (κ3) is 4.23. The molecule has 0 unspecified atom stereocenters. The highest BCUT2D eigenvalue weighted by Gasteiger charge is 2.19. The number of nitrogens with zero attached hydrogens (tertiary/aromatic N) is 1. The predicted molar refractivity (Wildman–Crippen MR) is 83.6 cm³/mol. The van der Waals surface area contributed by atoms with Crippen LogP contribution in [-0.2, 0) is 4.79 Å². The van der Waals surface area contributed by atoms with Gasteiger partial charge in [-0.05, 0) is 45.0 Å². The van der Waals surface area contributed by atoms with Crippen LogP contribution < -0.4 is 11.1 Å². The summed E-state index contributed by atoms with van der Waals surface area (Å²) in [5.74, 6) is 0.0442. The molecule has 1 fully saturated rings. The summed E-state index contributed by atoms with van der Waals surface area (Å²) >= 11 is 0. The molecule has 1 aliphatic rings. The summed E-state index contributed by atoms with van der Waals surface area (Å²) in [6, 6.07) is 8.09. The zero-order valence-electron chi connectivity index (χ0n) is 12.3. The lowest BCUT2D eigenvalue weighted by molar-refractivity contribution is -0.116. The van der Waals surface area contributed by atoms with Gasteiger partial charge in [0.1, 0.15) is 0 Å². The molecule has 110 valence electrons. The number of para-hydroxylation sites is 2. The first-order chi connectivity index (χ1) is 9.66. The van der Waals surface area contributed by atoms with Gasteiger partial charge in [0.25, 0.3) is 0 Å². The van der Waals surface area contributed by atoms with Crippen LogP contribution in [0.1, 0.15) is 38.5 Å². The van der Waals surface area contributed by atoms with Crippen molar-refractivity contribution in [2.45, 2.75) is 44.6 Å². The first-order valence-corrected chi connectivity index (χ1v) is 7.51. The van der Waals surface area contributed by atoms with Crippen molar-refractivity contribution in [3.05, 3.63) is 24.3 Å². The number of amides is 1. The fourth-order valence-corrected chi connectivity index (χ4v) is 2.84. The molecule has 0 aliphatic heterocycles. The number of nitrogens with one attached hydrogen (secondary N) is 1. The minimum Gasteiger partial charge on any atom is -0.397 e. The second-order valence-corrected chi connectivity index (χ2v) is 5.66. The van der Waals surface area contributed by atoms with Gasteiger partial charge in [-0.2, -0.15) is 0 Å². The van der Waals surface area contributed by atoms with E-state index in [2.05, 4.69) is 17.3 Å². The lowest BCUT2D eigenvalue weighted by Gasteiger charge is -2.23. The average Bonchev–Trinajstić information content (AvgIpc) is 2.95. The van der Waals surface area contributed by atoms with E-state index in [9.17, 15) is 4.79 Å². The van der Waals surface area contributed by atoms with E-state index in [0.717, 1.165) is 19.0 Å². The molecule has 0 aromatic heterocycles. The number of carbonyl (C=O) groups excluding carboxylic acids is 1. The smallest absolute Gasteiger partial charge is 0.224 e. The molecule has 0 saturated heterocycles. The second-order valence-electron chi connectivity index (χ2n) is 5.66. The molecule has 0 bridgehead atoms. The Kier molecular flexibility index (Phi) is 5.41. The number of hydrogen-bond acceptors (Lipinski definition) is 3. The van der Waals surface area contributed by atoms with Crippen LogP contribution in [0.5, 0.6) is 0 Å². The summed E-state index contributed by atoms with van der Waals surface area (Å²) in [4.78, 5) is 14.3. The van der Waals surface area contributed by atoms with Gasteiger partial charge >= 0.3 is 0 Å². The minimum absolute atomic E-state index is 0.0442. The van der Waals surface area contributed by atoms with Gasteiger partial charge in [0, 0.05) is 12.5 Å². The topological polar surface area (TPSA) is 58.4 Å². The highest BCUT2D eigenvalue weighted by Crippen LogP contribution is 2.22. The largest absolute Gasteiger partial charge is 0.397 e. The van der Waals surface area contributed by atoms with E-state index >= 15 is 0 Å². The molecule has 1 saturated carbocycles. The van der Waals surface area contributed by atoms with Crippen LogP contribution >= 0.6 is 0 Å². The van der Waals surface area contributed by atoms with Gasteiger partial charge in [-0.25, -0.2) is 0 Å². The summed E-state index contributed by atoms with van der Waals surface area (Å²) in [6.07, 6.45) is 6.76. The molecule has 4 nitrogen and oxygen atoms in total. The van der Waals surface area contributed by atoms with Gasteiger partial charge in [0.15, 0.2) is 0 Å². The molecule has 1 aromatic carbocycles. The summed E-state index contributed by atoms with van der Waals surface area (Å²) in [5.41, 5.74) is 7.13. The Balaban J connectivity index is 1.69. The Morgan fingerprint density at radius 1 is 1.35 bits per heavy atom. The van der Waals surface area contributed by atoms with Gasteiger partial charge in [0.2, 0.25) is 5.91 Å². The third-order valence-electron chi connectivity index (χ3n) is 4.10. The highest BCUT2D eigenvalue weighted by molar-refractivity contribution is 5.93.